The van der Waals surface area contributed by atoms with Crippen molar-refractivity contribution in [2.45, 2.75) is 26.8 Å². The maximum atomic E-state index is 13.2. The maximum Gasteiger partial charge on any atom is 0.258 e. The molecule has 0 aliphatic carbocycles. The Labute approximate surface area is 208 Å². The van der Waals surface area contributed by atoms with Gasteiger partial charge in [-0.05, 0) is 50.6 Å². The van der Waals surface area contributed by atoms with Crippen LogP contribution in [0.2, 0.25) is 0 Å². The molecule has 0 atom stereocenters. The summed E-state index contributed by atoms with van der Waals surface area (Å²) in [6, 6.07) is 19.0. The summed E-state index contributed by atoms with van der Waals surface area (Å²) in [5.74, 6) is 0.672. The highest BCUT2D eigenvalue weighted by atomic mass is 16.1. The molecule has 0 saturated carbocycles. The minimum atomic E-state index is -0.355. The van der Waals surface area contributed by atoms with Gasteiger partial charge in [0.2, 0.25) is 0 Å². The van der Waals surface area contributed by atoms with Crippen LogP contribution in [0.15, 0.2) is 79.5 Å². The zero-order valence-corrected chi connectivity index (χ0v) is 20.3. The molecule has 3 heterocycles. The fourth-order valence-electron chi connectivity index (χ4n) is 4.02. The Bertz CT molecular complexity index is 1530. The van der Waals surface area contributed by atoms with Crippen LogP contribution in [0.3, 0.4) is 0 Å². The van der Waals surface area contributed by atoms with E-state index in [1.807, 2.05) is 78.6 Å². The first-order valence-electron chi connectivity index (χ1n) is 11.6. The van der Waals surface area contributed by atoms with Crippen molar-refractivity contribution in [1.82, 2.24) is 29.3 Å². The van der Waals surface area contributed by atoms with E-state index in [1.54, 1.807) is 30.9 Å². The lowest BCUT2D eigenvalue weighted by Crippen LogP contribution is -2.16. The van der Waals surface area contributed by atoms with Crippen LogP contribution < -0.4 is 11.1 Å². The van der Waals surface area contributed by atoms with Crippen LogP contribution in [0.1, 0.15) is 35.8 Å². The van der Waals surface area contributed by atoms with E-state index in [1.165, 1.54) is 0 Å². The summed E-state index contributed by atoms with van der Waals surface area (Å²) in [5, 5.41) is 11.1. The first-order valence-corrected chi connectivity index (χ1v) is 11.6. The Hall–Kier alpha value is -4.79. The molecule has 9 nitrogen and oxygen atoms in total. The van der Waals surface area contributed by atoms with Gasteiger partial charge < -0.3 is 20.2 Å². The topological polar surface area (TPSA) is 117 Å². The molecule has 3 aromatic heterocycles. The van der Waals surface area contributed by atoms with E-state index in [0.29, 0.717) is 28.6 Å². The molecule has 0 spiro atoms. The molecule has 9 heteroatoms. The van der Waals surface area contributed by atoms with Crippen LogP contribution >= 0.6 is 0 Å². The molecule has 0 bridgehead atoms. The Morgan fingerprint density at radius 3 is 2.58 bits per heavy atom. The molecule has 0 aliphatic heterocycles. The third-order valence-corrected chi connectivity index (χ3v) is 5.89. The van der Waals surface area contributed by atoms with Crippen LogP contribution in [0.4, 0.5) is 11.5 Å². The first-order chi connectivity index (χ1) is 17.4. The highest BCUT2D eigenvalue weighted by molar-refractivity contribution is 6.08. The number of benzene rings is 2. The van der Waals surface area contributed by atoms with Crippen molar-refractivity contribution < 1.29 is 4.79 Å². The molecule has 0 unspecified atom stereocenters. The average molecular weight is 479 g/mol. The average Bonchev–Trinajstić information content (AvgIpc) is 3.55. The van der Waals surface area contributed by atoms with Crippen molar-refractivity contribution in [1.29, 1.82) is 0 Å². The Balaban J connectivity index is 1.43. The molecule has 0 saturated heterocycles. The zero-order valence-electron chi connectivity index (χ0n) is 20.3. The number of hydrogen-bond donors (Lipinski definition) is 2. The second-order valence-corrected chi connectivity index (χ2v) is 8.78. The van der Waals surface area contributed by atoms with Gasteiger partial charge in [0.1, 0.15) is 17.8 Å². The summed E-state index contributed by atoms with van der Waals surface area (Å²) in [6.07, 6.45) is 5.34. The minimum Gasteiger partial charge on any atom is -0.398 e. The molecule has 5 aromatic rings. The quantitative estimate of drug-likeness (QED) is 0.335. The van der Waals surface area contributed by atoms with Gasteiger partial charge in [-0.2, -0.15) is 0 Å². The van der Waals surface area contributed by atoms with Crippen molar-refractivity contribution >= 4 is 17.4 Å². The van der Waals surface area contributed by atoms with Crippen LogP contribution in [0.25, 0.3) is 28.5 Å². The number of rotatable bonds is 6. The van der Waals surface area contributed by atoms with E-state index in [0.717, 1.165) is 22.5 Å². The van der Waals surface area contributed by atoms with Crippen molar-refractivity contribution in [3.8, 4) is 28.5 Å². The van der Waals surface area contributed by atoms with E-state index < -0.39 is 0 Å². The predicted molar refractivity (Wildman–Crippen MR) is 140 cm³/mol. The maximum absolute atomic E-state index is 13.2. The Morgan fingerprint density at radius 1 is 1.00 bits per heavy atom. The van der Waals surface area contributed by atoms with Gasteiger partial charge in [-0.25, -0.2) is 9.97 Å². The number of pyridine rings is 1. The molecule has 0 aliphatic rings. The number of aromatic nitrogens is 6. The molecular formula is C27H26N8O. The lowest BCUT2D eigenvalue weighted by molar-refractivity contribution is 0.102. The Morgan fingerprint density at radius 2 is 1.81 bits per heavy atom. The first kappa shape index (κ1) is 23.0. The van der Waals surface area contributed by atoms with Crippen molar-refractivity contribution in [3.05, 3.63) is 90.6 Å². The lowest BCUT2D eigenvalue weighted by Gasteiger charge is -2.13. The van der Waals surface area contributed by atoms with Crippen LogP contribution in [-0.2, 0) is 0 Å². The molecule has 5 rings (SSSR count). The highest BCUT2D eigenvalue weighted by Crippen LogP contribution is 2.26. The lowest BCUT2D eigenvalue weighted by atomic mass is 10.1. The van der Waals surface area contributed by atoms with Crippen LogP contribution in [0.5, 0.6) is 0 Å². The molecule has 36 heavy (non-hydrogen) atoms. The molecular weight excluding hydrogens is 452 g/mol. The molecule has 3 N–H and O–H groups in total. The SMILES string of the molecule is Cc1cc(N)c(C(=O)Nc2cccc(-c3nncn3C(C)C)n2)cc1-n1cnc(-c2ccccc2)c1. The second-order valence-electron chi connectivity index (χ2n) is 8.78. The third kappa shape index (κ3) is 4.46. The third-order valence-electron chi connectivity index (χ3n) is 5.89. The second kappa shape index (κ2) is 9.46. The number of amides is 1. The molecule has 2 aromatic carbocycles. The largest absolute Gasteiger partial charge is 0.398 e. The molecule has 180 valence electrons. The van der Waals surface area contributed by atoms with Gasteiger partial charge >= 0.3 is 0 Å². The van der Waals surface area contributed by atoms with Gasteiger partial charge in [0, 0.05) is 23.5 Å². The number of nitrogens with two attached hydrogens (primary N) is 1. The monoisotopic (exact) mass is 478 g/mol. The molecule has 0 fully saturated rings. The van der Waals surface area contributed by atoms with Gasteiger partial charge in [-0.1, -0.05) is 36.4 Å². The number of carbonyl (C=O) groups is 1. The number of nitrogens with zero attached hydrogens (tertiary/aromatic N) is 6. The van der Waals surface area contributed by atoms with Crippen molar-refractivity contribution in [3.63, 3.8) is 0 Å². The summed E-state index contributed by atoms with van der Waals surface area (Å²) in [4.78, 5) is 22.3. The zero-order chi connectivity index (χ0) is 25.2. The van der Waals surface area contributed by atoms with Crippen LogP contribution in [0, 0.1) is 6.92 Å². The van der Waals surface area contributed by atoms with Crippen molar-refractivity contribution in [2.75, 3.05) is 11.1 Å². The smallest absolute Gasteiger partial charge is 0.258 e. The number of carbonyl (C=O) groups excluding carboxylic acids is 1. The van der Waals surface area contributed by atoms with Gasteiger partial charge in [-0.15, -0.1) is 10.2 Å². The minimum absolute atomic E-state index is 0.173. The van der Waals surface area contributed by atoms with E-state index >= 15 is 0 Å². The van der Waals surface area contributed by atoms with E-state index in [9.17, 15) is 4.79 Å². The summed E-state index contributed by atoms with van der Waals surface area (Å²) in [7, 11) is 0. The van der Waals surface area contributed by atoms with E-state index in [2.05, 4.69) is 25.5 Å². The number of anilines is 2. The summed E-state index contributed by atoms with van der Waals surface area (Å²) in [6.45, 7) is 6.03. The fourth-order valence-corrected chi connectivity index (χ4v) is 4.02. The number of imidazole rings is 1. The molecule has 1 amide bonds. The number of nitrogens with one attached hydrogen (secondary N) is 1. The number of aryl methyl sites for hydroxylation is 1. The normalized spacial score (nSPS) is 11.1. The summed E-state index contributed by atoms with van der Waals surface area (Å²) in [5.41, 5.74) is 11.2. The highest BCUT2D eigenvalue weighted by Gasteiger charge is 2.17. The van der Waals surface area contributed by atoms with Gasteiger partial charge in [0.15, 0.2) is 5.82 Å². The van der Waals surface area contributed by atoms with Gasteiger partial charge in [-0.3, -0.25) is 4.79 Å². The summed E-state index contributed by atoms with van der Waals surface area (Å²) >= 11 is 0. The predicted octanol–water partition coefficient (Wildman–Crippen LogP) is 4.92. The fraction of sp³-hybridized carbons (Fsp3) is 0.148. The van der Waals surface area contributed by atoms with E-state index in [-0.39, 0.29) is 11.9 Å². The van der Waals surface area contributed by atoms with Gasteiger partial charge in [0.05, 0.1) is 23.3 Å². The van der Waals surface area contributed by atoms with Gasteiger partial charge in [0.25, 0.3) is 5.91 Å². The van der Waals surface area contributed by atoms with Crippen molar-refractivity contribution in [2.24, 2.45) is 0 Å². The van der Waals surface area contributed by atoms with E-state index in [4.69, 9.17) is 5.73 Å². The number of nitrogen functional groups attached to an aromatic ring is 1. The van der Waals surface area contributed by atoms with Crippen LogP contribution in [-0.4, -0.2) is 35.2 Å². The molecule has 0 radical (unpaired) electrons. The Kier molecular flexibility index (Phi) is 6.03. The standard InChI is InChI=1S/C27H26N8O/c1-17(2)35-16-30-33-26(35)22-10-7-11-25(31-22)32-27(36)20-13-24(18(3)12-21(20)28)34-14-23(29-15-34)19-8-5-4-6-9-19/h4-17H,28H2,1-3H3,(H,31,32,36). The summed E-state index contributed by atoms with van der Waals surface area (Å²) < 4.78 is 3.82. The number of hydrogen-bond acceptors (Lipinski definition) is 6.